The van der Waals surface area contributed by atoms with Crippen LogP contribution in [0.2, 0.25) is 0 Å². The molecule has 3 aromatic heterocycles. The number of thiophene rings is 1. The molecule has 6 rings (SSSR count). The molecule has 0 radical (unpaired) electrons. The van der Waals surface area contributed by atoms with Crippen LogP contribution in [0, 0.1) is 23.0 Å². The zero-order chi connectivity index (χ0) is 25.3. The number of nitriles is 1. The van der Waals surface area contributed by atoms with E-state index < -0.39 is 17.8 Å². The molecule has 1 fully saturated rings. The molecule has 36 heavy (non-hydrogen) atoms. The molecule has 2 N–H and O–H groups in total. The summed E-state index contributed by atoms with van der Waals surface area (Å²) >= 11 is 0.918. The van der Waals surface area contributed by atoms with Crippen molar-refractivity contribution in [2.24, 2.45) is 0 Å². The van der Waals surface area contributed by atoms with Gasteiger partial charge in [-0.25, -0.2) is 23.1 Å². The normalized spacial score (nSPS) is 19.5. The van der Waals surface area contributed by atoms with Crippen molar-refractivity contribution in [3.05, 3.63) is 40.7 Å². The molecule has 0 bridgehead atoms. The number of likely N-dealkylation sites (N-methyl/N-ethyl adjacent to an activating group) is 1. The first kappa shape index (κ1) is 22.9. The molecule has 0 amide bonds. The number of ether oxygens (including phenoxy) is 1. The summed E-state index contributed by atoms with van der Waals surface area (Å²) in [5, 5.41) is 10.5. The first-order valence-corrected chi connectivity index (χ1v) is 12.0. The minimum Gasteiger partial charge on any atom is -0.389 e. The number of anilines is 2. The number of nitrogen functional groups attached to an aromatic ring is 1. The first-order chi connectivity index (χ1) is 17.3. The van der Waals surface area contributed by atoms with Gasteiger partial charge in [-0.2, -0.15) is 5.26 Å². The van der Waals surface area contributed by atoms with E-state index in [2.05, 4.69) is 15.0 Å². The fourth-order valence-corrected chi connectivity index (χ4v) is 6.01. The van der Waals surface area contributed by atoms with Crippen LogP contribution >= 0.6 is 11.3 Å². The van der Waals surface area contributed by atoms with Gasteiger partial charge in [-0.15, -0.1) is 11.3 Å². The lowest BCUT2D eigenvalue weighted by atomic mass is 9.94. The second-order valence-corrected chi connectivity index (χ2v) is 10.2. The van der Waals surface area contributed by atoms with Gasteiger partial charge in [-0.3, -0.25) is 4.98 Å². The molecular formula is C24H20F3N7OS. The molecule has 8 nitrogen and oxygen atoms in total. The van der Waals surface area contributed by atoms with Crippen LogP contribution in [0.25, 0.3) is 32.2 Å². The molecule has 0 saturated carbocycles. The van der Waals surface area contributed by atoms with Crippen LogP contribution in [-0.2, 0) is 18.0 Å². The molecule has 2 atom stereocenters. The van der Waals surface area contributed by atoms with E-state index in [1.807, 2.05) is 6.07 Å². The molecule has 2 aliphatic heterocycles. The largest absolute Gasteiger partial charge is 0.389 e. The lowest BCUT2D eigenvalue weighted by molar-refractivity contribution is 0.135. The summed E-state index contributed by atoms with van der Waals surface area (Å²) in [5.41, 5.74) is 7.50. The van der Waals surface area contributed by atoms with Gasteiger partial charge < -0.3 is 20.3 Å². The standard InChI is InChI=1S/C24H20F3N7OS/c1-33(2)16-7-34(6-15(16)26)24-31-4-11-12-8-35-9-13(12)17(19(27)20(11)32-24)21-18-10(3-28)23(29)36-22(18)14(25)5-30-21/h4-5,15-16H,6-9,29H2,1-2H3/t15-,16+/m0/s1. The highest BCUT2D eigenvalue weighted by Gasteiger charge is 2.36. The lowest BCUT2D eigenvalue weighted by Gasteiger charge is -2.21. The maximum absolute atomic E-state index is 16.3. The number of aromatic nitrogens is 3. The van der Waals surface area contributed by atoms with Crippen molar-refractivity contribution in [3.63, 3.8) is 0 Å². The van der Waals surface area contributed by atoms with E-state index in [9.17, 15) is 14.0 Å². The average molecular weight is 512 g/mol. The predicted molar refractivity (Wildman–Crippen MR) is 130 cm³/mol. The maximum Gasteiger partial charge on any atom is 0.226 e. The zero-order valence-corrected chi connectivity index (χ0v) is 20.2. The first-order valence-electron chi connectivity index (χ1n) is 11.2. The Balaban J connectivity index is 1.59. The van der Waals surface area contributed by atoms with E-state index in [0.717, 1.165) is 17.5 Å². The third-order valence-electron chi connectivity index (χ3n) is 6.90. The number of alkyl halides is 1. The van der Waals surface area contributed by atoms with Gasteiger partial charge in [-0.1, -0.05) is 0 Å². The Hall–Kier alpha value is -3.53. The zero-order valence-electron chi connectivity index (χ0n) is 19.3. The third kappa shape index (κ3) is 3.23. The van der Waals surface area contributed by atoms with Crippen molar-refractivity contribution in [1.29, 1.82) is 5.26 Å². The Labute approximate surface area is 207 Å². The molecule has 0 aliphatic carbocycles. The fraction of sp³-hybridized carbons (Fsp3) is 0.333. The van der Waals surface area contributed by atoms with E-state index in [4.69, 9.17) is 10.5 Å². The summed E-state index contributed by atoms with van der Waals surface area (Å²) < 4.78 is 51.3. The Morgan fingerprint density at radius 1 is 1.19 bits per heavy atom. The maximum atomic E-state index is 16.3. The quantitative estimate of drug-likeness (QED) is 0.444. The van der Waals surface area contributed by atoms with Crippen molar-refractivity contribution in [3.8, 4) is 17.3 Å². The van der Waals surface area contributed by atoms with E-state index >= 15 is 4.39 Å². The van der Waals surface area contributed by atoms with Gasteiger partial charge in [0.25, 0.3) is 0 Å². The minimum absolute atomic E-state index is 0.0314. The number of hydrogen-bond acceptors (Lipinski definition) is 9. The van der Waals surface area contributed by atoms with Crippen molar-refractivity contribution in [2.45, 2.75) is 25.4 Å². The van der Waals surface area contributed by atoms with Gasteiger partial charge in [0, 0.05) is 29.1 Å². The van der Waals surface area contributed by atoms with Crippen LogP contribution in [0.3, 0.4) is 0 Å². The van der Waals surface area contributed by atoms with Crippen molar-refractivity contribution >= 4 is 43.3 Å². The Morgan fingerprint density at radius 2 is 1.97 bits per heavy atom. The Morgan fingerprint density at radius 3 is 2.69 bits per heavy atom. The number of fused-ring (bicyclic) bond motifs is 4. The monoisotopic (exact) mass is 511 g/mol. The molecule has 184 valence electrons. The highest BCUT2D eigenvalue weighted by Crippen LogP contribution is 2.45. The molecule has 0 unspecified atom stereocenters. The molecule has 12 heteroatoms. The van der Waals surface area contributed by atoms with Gasteiger partial charge >= 0.3 is 0 Å². The molecule has 0 spiro atoms. The highest BCUT2D eigenvalue weighted by atomic mass is 32.1. The molecule has 1 aromatic carbocycles. The minimum atomic E-state index is -1.10. The van der Waals surface area contributed by atoms with Gasteiger partial charge in [-0.05, 0) is 25.2 Å². The topological polar surface area (TPSA) is 104 Å². The van der Waals surface area contributed by atoms with E-state index in [0.29, 0.717) is 23.1 Å². The second-order valence-electron chi connectivity index (χ2n) is 9.14. The second kappa shape index (κ2) is 8.26. The number of halogens is 3. The summed E-state index contributed by atoms with van der Waals surface area (Å²) in [7, 11) is 3.61. The van der Waals surface area contributed by atoms with Crippen molar-refractivity contribution in [1.82, 2.24) is 19.9 Å². The van der Waals surface area contributed by atoms with Gasteiger partial charge in [0.2, 0.25) is 5.95 Å². The number of pyridine rings is 1. The number of hydrogen-bond donors (Lipinski definition) is 1. The molecule has 1 saturated heterocycles. The van der Waals surface area contributed by atoms with Crippen LogP contribution in [0.1, 0.15) is 16.7 Å². The Kier molecular flexibility index (Phi) is 5.26. The molecule has 5 heterocycles. The van der Waals surface area contributed by atoms with E-state index in [-0.39, 0.29) is 69.2 Å². The van der Waals surface area contributed by atoms with Gasteiger partial charge in [0.1, 0.15) is 22.8 Å². The summed E-state index contributed by atoms with van der Waals surface area (Å²) in [5.74, 6) is -1.11. The molecular weight excluding hydrogens is 491 g/mol. The smallest absolute Gasteiger partial charge is 0.226 e. The average Bonchev–Trinajstić information content (AvgIpc) is 3.57. The van der Waals surface area contributed by atoms with Crippen LogP contribution in [0.15, 0.2) is 12.4 Å². The van der Waals surface area contributed by atoms with Crippen LogP contribution < -0.4 is 10.6 Å². The third-order valence-corrected chi connectivity index (χ3v) is 7.93. The molecule has 2 aliphatic rings. The highest BCUT2D eigenvalue weighted by molar-refractivity contribution is 7.23. The number of nitrogens with zero attached hydrogens (tertiary/aromatic N) is 6. The van der Waals surface area contributed by atoms with Crippen molar-refractivity contribution < 1.29 is 17.9 Å². The molecule has 4 aromatic rings. The summed E-state index contributed by atoms with van der Waals surface area (Å²) in [6.45, 7) is 0.780. The summed E-state index contributed by atoms with van der Waals surface area (Å²) in [4.78, 5) is 16.6. The van der Waals surface area contributed by atoms with E-state index in [1.54, 1.807) is 23.9 Å². The Bertz CT molecular complexity index is 1600. The number of benzene rings is 1. The number of nitrogens with two attached hydrogens (primary N) is 1. The lowest BCUT2D eigenvalue weighted by Crippen LogP contribution is -2.36. The summed E-state index contributed by atoms with van der Waals surface area (Å²) in [6, 6.07) is 1.67. The van der Waals surface area contributed by atoms with Gasteiger partial charge in [0.05, 0.1) is 48.0 Å². The van der Waals surface area contributed by atoms with E-state index in [1.165, 1.54) is 6.20 Å². The number of rotatable bonds is 3. The fourth-order valence-electron chi connectivity index (χ4n) is 5.09. The van der Waals surface area contributed by atoms with Gasteiger partial charge in [0.15, 0.2) is 11.6 Å². The summed E-state index contributed by atoms with van der Waals surface area (Å²) in [6.07, 6.45) is 1.43. The van der Waals surface area contributed by atoms with Crippen LogP contribution in [-0.4, -0.2) is 59.3 Å². The van der Waals surface area contributed by atoms with Crippen LogP contribution in [0.4, 0.5) is 24.1 Å². The SMILES string of the molecule is CN(C)[C@@H]1CN(c2ncc3c4c(c(-c5ncc(F)c6sc(N)c(C#N)c56)c(F)c3n2)COC4)C[C@@H]1F. The van der Waals surface area contributed by atoms with Crippen LogP contribution in [0.5, 0.6) is 0 Å². The van der Waals surface area contributed by atoms with Crippen molar-refractivity contribution in [2.75, 3.05) is 37.8 Å². The predicted octanol–water partition coefficient (Wildman–Crippen LogP) is 3.76.